The molecule has 6 unspecified atom stereocenters. The van der Waals surface area contributed by atoms with Crippen LogP contribution < -0.4 is 18.9 Å². The molecule has 6 aliphatic rings. The van der Waals surface area contributed by atoms with Crippen LogP contribution in [-0.2, 0) is 28.5 Å². The molecule has 0 aliphatic carbocycles. The maximum absolute atomic E-state index is 16.5. The number of hydrogen-bond donors (Lipinski definition) is 0. The molecule has 102 heavy (non-hydrogen) atoms. The van der Waals surface area contributed by atoms with Gasteiger partial charge in [0.05, 0.1) is 110 Å². The monoisotopic (exact) mass is 1360 g/mol. The van der Waals surface area contributed by atoms with Gasteiger partial charge >= 0.3 is 0 Å². The van der Waals surface area contributed by atoms with Gasteiger partial charge in [0.1, 0.15) is 58.1 Å². The van der Waals surface area contributed by atoms with Crippen LogP contribution in [-0.4, -0.2) is 144 Å². The number of nitriles is 2. The average molecular weight is 1370 g/mol. The Labute approximate surface area is 586 Å². The number of epoxide rings is 4. The van der Waals surface area contributed by atoms with Crippen molar-refractivity contribution < 1.29 is 66.7 Å². The second-order valence-electron chi connectivity index (χ2n) is 27.5. The van der Waals surface area contributed by atoms with Gasteiger partial charge in [0.2, 0.25) is 11.8 Å². The number of carbonyl (C=O) groups excluding carboxylic acids is 6. The smallest absolute Gasteiger partial charge is 0.262 e. The Bertz CT molecular complexity index is 4490. The molecule has 4 fully saturated rings. The SMILES string of the molecule is [C-]#[N+]c1ccc(Oc2cc3c4c(cc(Oc5ccc(C#N)cc5)c5c6c(Oc7ccc(C#N)cc7)cc7c8c(cc(Oc9ccc([N+]#[C-])cc9)c(c2c45)c86)C(=O)N(C(CC(C)C)C(=O)N(CCC2CO2)CCC2CO2)C7=O)C(=O)N(C(CC(C)C)C(=O)N(CCC2CO2)CCC2CO2)C3=O)cc1. The maximum Gasteiger partial charge on any atom is 0.262 e. The van der Waals surface area contributed by atoms with Gasteiger partial charge in [-0.3, -0.25) is 38.6 Å². The third kappa shape index (κ3) is 13.0. The van der Waals surface area contributed by atoms with Crippen molar-refractivity contribution in [1.82, 2.24) is 19.6 Å². The Morgan fingerprint density at radius 3 is 0.922 bits per heavy atom. The van der Waals surface area contributed by atoms with Crippen LogP contribution in [0.4, 0.5) is 11.4 Å². The quantitative estimate of drug-likeness (QED) is 0.0145. The summed E-state index contributed by atoms with van der Waals surface area (Å²) in [5.41, 5.74) is 0.967. The van der Waals surface area contributed by atoms with E-state index in [9.17, 15) is 10.5 Å². The van der Waals surface area contributed by atoms with Crippen molar-refractivity contribution in [3.8, 4) is 58.1 Å². The molecule has 4 saturated heterocycles. The van der Waals surface area contributed by atoms with E-state index in [1.807, 2.05) is 27.7 Å². The van der Waals surface area contributed by atoms with Crippen LogP contribution in [0.1, 0.15) is 119 Å². The Morgan fingerprint density at radius 2 is 0.696 bits per heavy atom. The van der Waals surface area contributed by atoms with Gasteiger partial charge in [-0.15, -0.1) is 0 Å². The van der Waals surface area contributed by atoms with Gasteiger partial charge in [-0.1, -0.05) is 52.0 Å². The third-order valence-corrected chi connectivity index (χ3v) is 19.5. The van der Waals surface area contributed by atoms with Crippen LogP contribution in [0.15, 0.2) is 121 Å². The zero-order chi connectivity index (χ0) is 70.8. The predicted octanol–water partition coefficient (Wildman–Crippen LogP) is 14.6. The van der Waals surface area contributed by atoms with Crippen molar-refractivity contribution in [2.45, 2.75) is 103 Å². The van der Waals surface area contributed by atoms with E-state index in [4.69, 9.17) is 51.0 Å². The summed E-state index contributed by atoms with van der Waals surface area (Å²) in [5.74, 6) is -3.99. The lowest BCUT2D eigenvalue weighted by Gasteiger charge is -2.38. The second-order valence-corrected chi connectivity index (χ2v) is 27.5. The number of amides is 6. The molecule has 6 amide bonds. The van der Waals surface area contributed by atoms with Crippen molar-refractivity contribution in [2.75, 3.05) is 52.6 Å². The van der Waals surface area contributed by atoms with E-state index in [2.05, 4.69) is 21.8 Å². The Balaban J connectivity index is 1.05. The van der Waals surface area contributed by atoms with E-state index in [0.717, 1.165) is 9.80 Å². The average Bonchev–Trinajstić information content (AvgIpc) is 1.51. The second kappa shape index (κ2) is 27.2. The molecule has 6 heterocycles. The van der Waals surface area contributed by atoms with Crippen LogP contribution in [0.25, 0.3) is 52.8 Å². The molecule has 22 heteroatoms. The number of fused-ring (bicyclic) bond motifs is 2. The predicted molar refractivity (Wildman–Crippen MR) is 374 cm³/mol. The molecule has 22 nitrogen and oxygen atoms in total. The van der Waals surface area contributed by atoms with E-state index in [0.29, 0.717) is 101 Å². The topological polar surface area (TPSA) is 259 Å². The van der Waals surface area contributed by atoms with E-state index in [1.165, 1.54) is 24.3 Å². The molecule has 0 spiro atoms. The molecule has 9 aromatic rings. The van der Waals surface area contributed by atoms with E-state index in [-0.39, 0.29) is 160 Å². The molecule has 9 aromatic carbocycles. The highest BCUT2D eigenvalue weighted by Crippen LogP contribution is 2.58. The number of carbonyl (C=O) groups is 6. The van der Waals surface area contributed by atoms with Gasteiger partial charge in [0, 0.05) is 69.3 Å². The molecular weight excluding hydrogens is 1300 g/mol. The normalized spacial score (nSPS) is 18.3. The summed E-state index contributed by atoms with van der Waals surface area (Å²) in [4.78, 5) is 110. The summed E-state index contributed by atoms with van der Waals surface area (Å²) in [7, 11) is 0. The van der Waals surface area contributed by atoms with Crippen LogP contribution >= 0.6 is 0 Å². The molecule has 512 valence electrons. The number of nitrogens with zero attached hydrogens (tertiary/aromatic N) is 8. The third-order valence-electron chi connectivity index (χ3n) is 19.5. The zero-order valence-electron chi connectivity index (χ0n) is 56.4. The molecule has 15 rings (SSSR count). The highest BCUT2D eigenvalue weighted by Gasteiger charge is 2.48. The van der Waals surface area contributed by atoms with E-state index < -0.39 is 47.5 Å². The number of hydrogen-bond acceptors (Lipinski definition) is 16. The fraction of sp³-hybridized carbons (Fsp3) is 0.325. The molecule has 0 bridgehead atoms. The first-order chi connectivity index (χ1) is 49.5. The molecule has 0 aromatic heterocycles. The molecule has 0 N–H and O–H groups in total. The van der Waals surface area contributed by atoms with Crippen molar-refractivity contribution >= 4 is 89.9 Å². The zero-order valence-corrected chi connectivity index (χ0v) is 56.4. The summed E-state index contributed by atoms with van der Waals surface area (Å²) < 4.78 is 50.9. The van der Waals surface area contributed by atoms with E-state index >= 15 is 28.8 Å². The molecule has 0 radical (unpaired) electrons. The lowest BCUT2D eigenvalue weighted by atomic mass is 9.80. The highest BCUT2D eigenvalue weighted by molar-refractivity contribution is 6.45. The summed E-state index contributed by atoms with van der Waals surface area (Å²) in [6.45, 7) is 26.7. The van der Waals surface area contributed by atoms with Crippen molar-refractivity contribution in [3.05, 3.63) is 178 Å². The highest BCUT2D eigenvalue weighted by atomic mass is 16.6. The minimum atomic E-state index is -1.34. The Hall–Kier alpha value is -11.5. The van der Waals surface area contributed by atoms with Gasteiger partial charge in [0.15, 0.2) is 11.4 Å². The number of rotatable bonds is 28. The minimum Gasteiger partial charge on any atom is -0.457 e. The Morgan fingerprint density at radius 1 is 0.441 bits per heavy atom. The minimum absolute atomic E-state index is 0.0271. The first kappa shape index (κ1) is 66.4. The van der Waals surface area contributed by atoms with Crippen LogP contribution in [0.2, 0.25) is 0 Å². The number of benzene rings is 9. The lowest BCUT2D eigenvalue weighted by Crippen LogP contribution is -2.55. The molecule has 6 atom stereocenters. The first-order valence-corrected chi connectivity index (χ1v) is 34.3. The number of imide groups is 2. The van der Waals surface area contributed by atoms with Gasteiger partial charge in [0.25, 0.3) is 23.6 Å². The molecule has 0 saturated carbocycles. The van der Waals surface area contributed by atoms with Gasteiger partial charge in [-0.2, -0.15) is 10.5 Å². The number of ether oxygens (including phenoxy) is 8. The lowest BCUT2D eigenvalue weighted by molar-refractivity contribution is -0.137. The standard InChI is InChI=1S/C80H68N8O14/c1-43(2)31-61(79(93)85(27-23-53-39-95-53)28-24-54-40-96-54)87-75(89)57-33-63(99-49-15-7-45(37-81)8-16-49)69-70-64(100-50-17-9-46(38-82)10-18-50)34-58-68-60(78(92)88(76(58)90)62(32-44(3)4)80(94)86(29-25-55-41-97-55)30-26-56-42-98-56)36-66(102-52-21-13-48(84-6)14-22-52)72(74(68)70)71-65(35-59(77(87)91)67(57)73(69)71)101-51-19-11-47(83-5)12-20-51/h7-22,33-36,43-44,53-56,61-62H,23-32,39-42H2,1-4H3. The largest absolute Gasteiger partial charge is 0.457 e. The summed E-state index contributed by atoms with van der Waals surface area (Å²) >= 11 is 0. The maximum atomic E-state index is 16.5. The van der Waals surface area contributed by atoms with E-state index in [1.54, 1.807) is 107 Å². The summed E-state index contributed by atoms with van der Waals surface area (Å²) in [6.07, 6.45) is 2.12. The molecular formula is C80H68N8O14. The van der Waals surface area contributed by atoms with Crippen LogP contribution in [0, 0.1) is 47.6 Å². The van der Waals surface area contributed by atoms with Gasteiger partial charge in [-0.05, 0) is 147 Å². The fourth-order valence-corrected chi connectivity index (χ4v) is 14.1. The van der Waals surface area contributed by atoms with Crippen molar-refractivity contribution in [2.24, 2.45) is 11.8 Å². The van der Waals surface area contributed by atoms with Gasteiger partial charge < -0.3 is 47.7 Å². The summed E-state index contributed by atoms with van der Waals surface area (Å²) in [6, 6.07) is 32.8. The first-order valence-electron chi connectivity index (χ1n) is 34.3. The van der Waals surface area contributed by atoms with Crippen LogP contribution in [0.3, 0.4) is 0 Å². The Kier molecular flexibility index (Phi) is 17.7. The van der Waals surface area contributed by atoms with Gasteiger partial charge in [-0.25, -0.2) is 9.69 Å². The molecule has 6 aliphatic heterocycles. The van der Waals surface area contributed by atoms with Crippen molar-refractivity contribution in [1.29, 1.82) is 10.5 Å². The van der Waals surface area contributed by atoms with Crippen molar-refractivity contribution in [3.63, 3.8) is 0 Å². The van der Waals surface area contributed by atoms with Crippen LogP contribution in [0.5, 0.6) is 46.0 Å². The fourth-order valence-electron chi connectivity index (χ4n) is 14.1. The summed E-state index contributed by atoms with van der Waals surface area (Å²) in [5, 5.41) is 21.3.